The summed E-state index contributed by atoms with van der Waals surface area (Å²) in [7, 11) is 3.39. The minimum Gasteiger partial charge on any atom is -0.479 e. The quantitative estimate of drug-likeness (QED) is 0.673. The van der Waals surface area contributed by atoms with Gasteiger partial charge >= 0.3 is 0 Å². The zero-order chi connectivity index (χ0) is 19.0. The Bertz CT molecular complexity index is 970. The second-order valence-corrected chi connectivity index (χ2v) is 7.18. The number of aromatic nitrogens is 4. The van der Waals surface area contributed by atoms with Gasteiger partial charge in [0, 0.05) is 44.4 Å². The Morgan fingerprint density at radius 3 is 2.78 bits per heavy atom. The van der Waals surface area contributed by atoms with Crippen LogP contribution in [0.4, 0.5) is 9.57 Å². The third kappa shape index (κ3) is 3.13. The number of nitrogens with zero attached hydrogens (tertiary/aromatic N) is 4. The van der Waals surface area contributed by atoms with E-state index in [0.717, 1.165) is 42.9 Å². The Kier molecular flexibility index (Phi) is 5.16. The molecule has 0 bridgehead atoms. The highest BCUT2D eigenvalue weighted by Crippen LogP contribution is 2.42. The molecule has 1 N–H and O–H groups in total. The van der Waals surface area contributed by atoms with E-state index < -0.39 is 0 Å². The minimum atomic E-state index is 0.0595. The standard InChI is InChI=1S/C17H19ClFN5O2S/c1-20-15-11(7-21-16-14(15)13(18)9-24(16)27-19)12-8-23(22-17(12)25-2)10-3-5-26-6-4-10/h7-10H,3-6H2,1-2H3,(H,20,21). The number of anilines is 1. The summed E-state index contributed by atoms with van der Waals surface area (Å²) in [5, 5.41) is 8.86. The number of hydrogen-bond donors (Lipinski definition) is 1. The summed E-state index contributed by atoms with van der Waals surface area (Å²) in [5.74, 6) is 0.509. The molecule has 0 aromatic carbocycles. The van der Waals surface area contributed by atoms with Gasteiger partial charge in [0.1, 0.15) is 0 Å². The first-order valence-corrected chi connectivity index (χ1v) is 9.60. The maximum absolute atomic E-state index is 13.2. The number of fused-ring (bicyclic) bond motifs is 1. The van der Waals surface area contributed by atoms with E-state index in [9.17, 15) is 3.89 Å². The van der Waals surface area contributed by atoms with Gasteiger partial charge in [-0.05, 0) is 12.8 Å². The van der Waals surface area contributed by atoms with E-state index >= 15 is 0 Å². The Morgan fingerprint density at radius 2 is 2.11 bits per heavy atom. The third-order valence-electron chi connectivity index (χ3n) is 4.81. The van der Waals surface area contributed by atoms with Gasteiger partial charge in [-0.25, -0.2) is 8.96 Å². The predicted molar refractivity (Wildman–Crippen MR) is 105 cm³/mol. The maximum atomic E-state index is 13.2. The molecule has 4 heterocycles. The fraction of sp³-hybridized carbons (Fsp3) is 0.412. The summed E-state index contributed by atoms with van der Waals surface area (Å²) in [5.41, 5.74) is 2.81. The van der Waals surface area contributed by atoms with E-state index in [2.05, 4.69) is 15.4 Å². The van der Waals surface area contributed by atoms with Crippen LogP contribution in [0.5, 0.6) is 5.88 Å². The lowest BCUT2D eigenvalue weighted by atomic mass is 10.1. The van der Waals surface area contributed by atoms with Gasteiger partial charge in [-0.2, -0.15) is 0 Å². The van der Waals surface area contributed by atoms with E-state index in [-0.39, 0.29) is 18.4 Å². The number of nitrogens with one attached hydrogen (secondary N) is 1. The summed E-state index contributed by atoms with van der Waals surface area (Å²) < 4.78 is 27.4. The van der Waals surface area contributed by atoms with Crippen molar-refractivity contribution in [1.82, 2.24) is 18.7 Å². The van der Waals surface area contributed by atoms with E-state index in [1.807, 2.05) is 10.9 Å². The van der Waals surface area contributed by atoms with Crippen LogP contribution in [0.3, 0.4) is 0 Å². The van der Waals surface area contributed by atoms with Crippen LogP contribution in [0.25, 0.3) is 22.2 Å². The Morgan fingerprint density at radius 1 is 1.33 bits per heavy atom. The molecule has 7 nitrogen and oxygen atoms in total. The first-order valence-electron chi connectivity index (χ1n) is 8.55. The molecule has 4 rings (SSSR count). The second-order valence-electron chi connectivity index (χ2n) is 6.24. The van der Waals surface area contributed by atoms with Crippen LogP contribution in [0.2, 0.25) is 5.02 Å². The summed E-state index contributed by atoms with van der Waals surface area (Å²) in [6, 6.07) is 0.267. The minimum absolute atomic E-state index is 0.0595. The van der Waals surface area contributed by atoms with Gasteiger partial charge in [0.05, 0.1) is 34.8 Å². The smallest absolute Gasteiger partial charge is 0.240 e. The van der Waals surface area contributed by atoms with Gasteiger partial charge in [0.15, 0.2) is 18.0 Å². The van der Waals surface area contributed by atoms with Crippen molar-refractivity contribution >= 4 is 40.7 Å². The highest BCUT2D eigenvalue weighted by molar-refractivity contribution is 7.92. The first kappa shape index (κ1) is 18.4. The molecule has 144 valence electrons. The lowest BCUT2D eigenvalue weighted by molar-refractivity contribution is 0.0659. The Hall–Kier alpha value is -1.97. The molecular weight excluding hydrogens is 393 g/mol. The molecule has 1 aliphatic rings. The van der Waals surface area contributed by atoms with Gasteiger partial charge in [0.2, 0.25) is 5.88 Å². The van der Waals surface area contributed by atoms with E-state index in [1.165, 1.54) is 10.2 Å². The molecular formula is C17H19ClFN5O2S. The third-order valence-corrected chi connectivity index (χ3v) is 5.52. The molecule has 1 saturated heterocycles. The van der Waals surface area contributed by atoms with Crippen molar-refractivity contribution in [2.75, 3.05) is 32.7 Å². The molecule has 27 heavy (non-hydrogen) atoms. The van der Waals surface area contributed by atoms with Crippen molar-refractivity contribution in [3.05, 3.63) is 23.6 Å². The molecule has 1 aliphatic heterocycles. The van der Waals surface area contributed by atoms with Crippen molar-refractivity contribution in [2.45, 2.75) is 18.9 Å². The van der Waals surface area contributed by atoms with Crippen LogP contribution < -0.4 is 10.1 Å². The summed E-state index contributed by atoms with van der Waals surface area (Å²) >= 11 is 6.41. The zero-order valence-electron chi connectivity index (χ0n) is 14.9. The molecule has 0 saturated carbocycles. The molecule has 0 aliphatic carbocycles. The zero-order valence-corrected chi connectivity index (χ0v) is 16.5. The molecule has 0 radical (unpaired) electrons. The van der Waals surface area contributed by atoms with E-state index in [1.54, 1.807) is 20.4 Å². The number of halogens is 2. The molecule has 10 heteroatoms. The molecule has 0 amide bonds. The molecule has 1 fully saturated rings. The van der Waals surface area contributed by atoms with Gasteiger partial charge in [0.25, 0.3) is 0 Å². The number of ether oxygens (including phenoxy) is 2. The highest BCUT2D eigenvalue weighted by Gasteiger charge is 2.24. The summed E-state index contributed by atoms with van der Waals surface area (Å²) in [6.07, 6.45) is 6.97. The first-order chi connectivity index (χ1) is 13.2. The lowest BCUT2D eigenvalue weighted by Gasteiger charge is -2.22. The number of methoxy groups -OCH3 is 1. The van der Waals surface area contributed by atoms with Crippen LogP contribution >= 0.6 is 23.9 Å². The second kappa shape index (κ2) is 7.57. The average Bonchev–Trinajstić information content (AvgIpc) is 3.29. The van der Waals surface area contributed by atoms with Crippen LogP contribution in [-0.2, 0) is 4.74 Å². The maximum Gasteiger partial charge on any atom is 0.240 e. The largest absolute Gasteiger partial charge is 0.479 e. The fourth-order valence-corrected chi connectivity index (χ4v) is 4.17. The molecule has 0 spiro atoms. The summed E-state index contributed by atoms with van der Waals surface area (Å²) in [4.78, 5) is 4.42. The number of rotatable bonds is 5. The predicted octanol–water partition coefficient (Wildman–Crippen LogP) is 4.34. The van der Waals surface area contributed by atoms with Gasteiger partial charge in [-0.3, -0.25) is 4.68 Å². The fourth-order valence-electron chi connectivity index (χ4n) is 3.49. The normalized spacial score (nSPS) is 15.4. The molecule has 0 unspecified atom stereocenters. The van der Waals surface area contributed by atoms with Crippen molar-refractivity contribution < 1.29 is 13.4 Å². The van der Waals surface area contributed by atoms with Gasteiger partial charge < -0.3 is 14.8 Å². The number of pyridine rings is 1. The van der Waals surface area contributed by atoms with Crippen LogP contribution in [0.15, 0.2) is 18.6 Å². The van der Waals surface area contributed by atoms with Crippen molar-refractivity contribution in [1.29, 1.82) is 0 Å². The molecule has 3 aromatic heterocycles. The van der Waals surface area contributed by atoms with Crippen LogP contribution in [0.1, 0.15) is 18.9 Å². The van der Waals surface area contributed by atoms with Crippen molar-refractivity contribution in [3.8, 4) is 17.0 Å². The lowest BCUT2D eigenvalue weighted by Crippen LogP contribution is -2.19. The van der Waals surface area contributed by atoms with Crippen LogP contribution in [-0.4, -0.2) is 46.1 Å². The van der Waals surface area contributed by atoms with Crippen molar-refractivity contribution in [2.24, 2.45) is 0 Å². The summed E-state index contributed by atoms with van der Waals surface area (Å²) in [6.45, 7) is 1.45. The Balaban J connectivity index is 1.86. The van der Waals surface area contributed by atoms with E-state index in [4.69, 9.17) is 21.1 Å². The molecule has 3 aromatic rings. The SMILES string of the molecule is CNc1c(-c2cn(C3CCOCC3)nc2OC)cnc2c1c(Cl)cn2SF. The van der Waals surface area contributed by atoms with Gasteiger partial charge in [-0.1, -0.05) is 11.6 Å². The Labute approximate surface area is 165 Å². The topological polar surface area (TPSA) is 66.1 Å². The number of hydrogen-bond acceptors (Lipinski definition) is 6. The monoisotopic (exact) mass is 411 g/mol. The average molecular weight is 412 g/mol. The van der Waals surface area contributed by atoms with Gasteiger partial charge in [-0.15, -0.1) is 8.98 Å². The van der Waals surface area contributed by atoms with E-state index in [0.29, 0.717) is 21.9 Å². The highest BCUT2D eigenvalue weighted by atomic mass is 35.5. The van der Waals surface area contributed by atoms with Crippen LogP contribution in [0, 0.1) is 0 Å². The van der Waals surface area contributed by atoms with Crippen molar-refractivity contribution in [3.63, 3.8) is 0 Å². The molecule has 0 atom stereocenters.